The molecule has 0 radical (unpaired) electrons. The number of anilines is 2. The van der Waals surface area contributed by atoms with Gasteiger partial charge in [0.15, 0.2) is 0 Å². The number of amides is 2. The predicted octanol–water partition coefficient (Wildman–Crippen LogP) is 12.3. The number of carboxylic acids is 1. The zero-order chi connectivity index (χ0) is 46.5. The highest BCUT2D eigenvalue weighted by molar-refractivity contribution is 6.13. The minimum atomic E-state index is -0.892. The van der Waals surface area contributed by atoms with E-state index in [0.29, 0.717) is 36.1 Å². The van der Waals surface area contributed by atoms with Crippen LogP contribution in [-0.2, 0) is 38.2 Å². The number of rotatable bonds is 4. The molecule has 67 heavy (non-hydrogen) atoms. The summed E-state index contributed by atoms with van der Waals surface area (Å²) in [6, 6.07) is 24.5. The summed E-state index contributed by atoms with van der Waals surface area (Å²) < 4.78 is 9.81. The summed E-state index contributed by atoms with van der Waals surface area (Å²) in [5, 5.41) is 12.1. The average Bonchev–Trinajstić information content (AvgIpc) is 3.95. The fraction of sp³-hybridized carbons (Fsp3) is 0.439. The van der Waals surface area contributed by atoms with Crippen LogP contribution in [0.5, 0.6) is 0 Å². The number of carboxylic acid groups (broad SMARTS) is 1. The fourth-order valence-electron chi connectivity index (χ4n) is 13.2. The maximum absolute atomic E-state index is 13.5. The van der Waals surface area contributed by atoms with Gasteiger partial charge in [-0.1, -0.05) is 87.1 Å². The SMILES string of the molecule is CC1(C)C(=O)N2CCCn3c(c(C4CCCCC4)c4ccc(C(=O)O)cc43)-c3cccc1c32.COC(=O)c1ccc2c(C3CCCCC3)c3n(c2c1)CCCN1C(=O)C(C)(C)c2cccc-3c21. The van der Waals surface area contributed by atoms with Crippen molar-refractivity contribution in [1.82, 2.24) is 9.13 Å². The fourth-order valence-corrected chi connectivity index (χ4v) is 13.2. The zero-order valence-electron chi connectivity index (χ0n) is 39.7. The molecule has 2 aromatic heterocycles. The lowest BCUT2D eigenvalue weighted by Crippen LogP contribution is -2.37. The van der Waals surface area contributed by atoms with E-state index in [1.54, 1.807) is 6.07 Å². The number of ether oxygens (including phenoxy) is 1. The van der Waals surface area contributed by atoms with Crippen LogP contribution in [0.3, 0.4) is 0 Å². The molecule has 0 bridgehead atoms. The number of aromatic carboxylic acids is 1. The third kappa shape index (κ3) is 6.62. The molecule has 1 N–H and O–H groups in total. The molecule has 2 saturated carbocycles. The third-order valence-electron chi connectivity index (χ3n) is 16.5. The molecule has 6 aromatic rings. The van der Waals surface area contributed by atoms with E-state index in [-0.39, 0.29) is 17.8 Å². The summed E-state index contributed by atoms with van der Waals surface area (Å²) in [7, 11) is 1.43. The van der Waals surface area contributed by atoms with Crippen LogP contribution in [0.4, 0.5) is 11.4 Å². The molecule has 346 valence electrons. The first-order valence-electron chi connectivity index (χ1n) is 24.9. The van der Waals surface area contributed by atoms with E-state index in [4.69, 9.17) is 4.74 Å². The van der Waals surface area contributed by atoms with E-state index in [1.165, 1.54) is 91.8 Å². The van der Waals surface area contributed by atoms with Gasteiger partial charge >= 0.3 is 11.9 Å². The van der Waals surface area contributed by atoms with Crippen LogP contribution >= 0.6 is 0 Å². The monoisotopic (exact) mass is 898 g/mol. The second kappa shape index (κ2) is 16.3. The highest BCUT2D eigenvalue weighted by atomic mass is 16.5. The number of methoxy groups -OCH3 is 1. The molecular weight excluding hydrogens is 837 g/mol. The Labute approximate surface area is 392 Å². The molecule has 0 saturated heterocycles. The Morgan fingerprint density at radius 3 is 1.43 bits per heavy atom. The van der Waals surface area contributed by atoms with E-state index in [0.717, 1.165) is 83.4 Å². The van der Waals surface area contributed by atoms with Crippen molar-refractivity contribution < 1.29 is 29.0 Å². The summed E-state index contributed by atoms with van der Waals surface area (Å²) in [5.41, 5.74) is 13.8. The number of aromatic nitrogens is 2. The van der Waals surface area contributed by atoms with Crippen LogP contribution in [0.2, 0.25) is 0 Å². The van der Waals surface area contributed by atoms with Crippen molar-refractivity contribution in [2.24, 2.45) is 0 Å². The Bertz CT molecular complexity index is 3050. The summed E-state index contributed by atoms with van der Waals surface area (Å²) >= 11 is 0. The smallest absolute Gasteiger partial charge is 0.337 e. The highest BCUT2D eigenvalue weighted by Crippen LogP contribution is 2.54. The number of aryl methyl sites for hydroxylation is 2. The number of benzene rings is 4. The molecule has 10 nitrogen and oxygen atoms in total. The van der Waals surface area contributed by atoms with Crippen LogP contribution < -0.4 is 9.80 Å². The van der Waals surface area contributed by atoms with Crippen LogP contribution in [0, 0.1) is 0 Å². The maximum atomic E-state index is 13.5. The molecule has 2 amide bonds. The van der Waals surface area contributed by atoms with Crippen LogP contribution in [-0.4, -0.2) is 58.2 Å². The largest absolute Gasteiger partial charge is 0.478 e. The van der Waals surface area contributed by atoms with Gasteiger partial charge in [0, 0.05) is 59.1 Å². The second-order valence-electron chi connectivity index (χ2n) is 21.0. The normalized spacial score (nSPS) is 19.7. The lowest BCUT2D eigenvalue weighted by molar-refractivity contribution is -0.122. The molecule has 4 aromatic carbocycles. The van der Waals surface area contributed by atoms with Gasteiger partial charge in [-0.05, 0) is 125 Å². The van der Waals surface area contributed by atoms with Gasteiger partial charge in [0.25, 0.3) is 0 Å². The zero-order valence-corrected chi connectivity index (χ0v) is 39.7. The molecule has 0 spiro atoms. The number of carbonyl (C=O) groups excluding carboxylic acids is 3. The van der Waals surface area contributed by atoms with Gasteiger partial charge in [0.05, 0.1) is 51.8 Å². The molecule has 0 unspecified atom stereocenters. The maximum Gasteiger partial charge on any atom is 0.337 e. The number of nitrogens with zero attached hydrogens (tertiary/aromatic N) is 4. The van der Waals surface area contributed by atoms with Gasteiger partial charge < -0.3 is 28.8 Å². The molecule has 10 heteroatoms. The summed E-state index contributed by atoms with van der Waals surface area (Å²) in [5.74, 6) is 0.138. The quantitative estimate of drug-likeness (QED) is 0.176. The first-order valence-corrected chi connectivity index (χ1v) is 24.9. The average molecular weight is 899 g/mol. The van der Waals surface area contributed by atoms with Gasteiger partial charge in [-0.15, -0.1) is 0 Å². The third-order valence-corrected chi connectivity index (χ3v) is 16.5. The van der Waals surface area contributed by atoms with E-state index in [9.17, 15) is 24.3 Å². The van der Waals surface area contributed by atoms with Gasteiger partial charge in [-0.2, -0.15) is 0 Å². The molecule has 6 heterocycles. The van der Waals surface area contributed by atoms with Gasteiger partial charge in [-0.3, -0.25) is 9.59 Å². The van der Waals surface area contributed by atoms with E-state index in [1.807, 2.05) is 47.9 Å². The molecule has 12 rings (SSSR count). The molecule has 6 aliphatic rings. The van der Waals surface area contributed by atoms with Crippen molar-refractivity contribution in [2.45, 2.75) is 141 Å². The van der Waals surface area contributed by atoms with Crippen LogP contribution in [0.15, 0.2) is 72.8 Å². The Balaban J connectivity index is 0.000000148. The Morgan fingerprint density at radius 2 is 1.00 bits per heavy atom. The highest BCUT2D eigenvalue weighted by Gasteiger charge is 2.48. The van der Waals surface area contributed by atoms with E-state index in [2.05, 4.69) is 65.4 Å². The summed E-state index contributed by atoms with van der Waals surface area (Å²) in [4.78, 5) is 55.1. The number of carbonyl (C=O) groups is 4. The molecule has 0 atom stereocenters. The first kappa shape index (κ1) is 43.4. The summed E-state index contributed by atoms with van der Waals surface area (Å²) in [6.07, 6.45) is 14.0. The Kier molecular flexibility index (Phi) is 10.5. The predicted molar refractivity (Wildman–Crippen MR) is 265 cm³/mol. The number of hydrogen-bond donors (Lipinski definition) is 1. The first-order chi connectivity index (χ1) is 32.3. The van der Waals surface area contributed by atoms with Crippen molar-refractivity contribution in [3.05, 3.63) is 106 Å². The van der Waals surface area contributed by atoms with Gasteiger partial charge in [-0.25, -0.2) is 9.59 Å². The summed E-state index contributed by atoms with van der Waals surface area (Å²) in [6.45, 7) is 11.2. The van der Waals surface area contributed by atoms with Gasteiger partial charge in [0.2, 0.25) is 11.8 Å². The topological polar surface area (TPSA) is 114 Å². The second-order valence-corrected chi connectivity index (χ2v) is 21.0. The van der Waals surface area contributed by atoms with Crippen molar-refractivity contribution in [2.75, 3.05) is 30.0 Å². The molecule has 2 fully saturated rings. The molecule has 2 aliphatic carbocycles. The number of esters is 1. The minimum Gasteiger partial charge on any atom is -0.478 e. The standard InChI is InChI=1S/C29H32N2O3.C28H30N2O3/c1-29(2)22-12-7-11-21-25(22)31(28(29)33)16-8-15-30-23-17-19(27(32)34-3)13-14-20(23)24(26(21)30)18-9-5-4-6-10-18;1-28(2)21-11-6-10-20-24(21)30(27(28)33)15-7-14-29-22-16-18(26(31)32)12-13-19(22)23(25(20)29)17-8-4-3-5-9-17/h7,11-14,17-18H,4-6,8-10,15-16H2,1-3H3;6,10-13,16-17H,3-5,7-9,14-15H2,1-2H3,(H,31,32). The van der Waals surface area contributed by atoms with E-state index >= 15 is 0 Å². The Morgan fingerprint density at radius 1 is 0.567 bits per heavy atom. The van der Waals surface area contributed by atoms with Crippen molar-refractivity contribution >= 4 is 56.9 Å². The molecule has 4 aliphatic heterocycles. The lowest BCUT2D eigenvalue weighted by atomic mass is 9.80. The van der Waals surface area contributed by atoms with Crippen LogP contribution in [0.1, 0.15) is 160 Å². The Hall–Kier alpha value is -6.16. The van der Waals surface area contributed by atoms with Crippen molar-refractivity contribution in [1.29, 1.82) is 0 Å². The lowest BCUT2D eigenvalue weighted by Gasteiger charge is -2.28. The van der Waals surface area contributed by atoms with Crippen molar-refractivity contribution in [3.63, 3.8) is 0 Å². The minimum absolute atomic E-state index is 0.182. The van der Waals surface area contributed by atoms with E-state index < -0.39 is 16.8 Å². The number of hydrogen-bond acceptors (Lipinski definition) is 5. The number of fused-ring (bicyclic) bond motifs is 8. The van der Waals surface area contributed by atoms with Gasteiger partial charge in [0.1, 0.15) is 0 Å². The molecular formula is C57H62N4O6. The van der Waals surface area contributed by atoms with Crippen LogP contribution in [0.25, 0.3) is 44.3 Å². The number of para-hydroxylation sites is 2. The van der Waals surface area contributed by atoms with Crippen molar-refractivity contribution in [3.8, 4) is 22.5 Å².